The van der Waals surface area contributed by atoms with Gasteiger partial charge in [0, 0.05) is 10.8 Å². The van der Waals surface area contributed by atoms with E-state index in [1.807, 2.05) is 5.38 Å². The third-order valence-electron chi connectivity index (χ3n) is 2.12. The lowest BCUT2D eigenvalue weighted by Crippen LogP contribution is -2.19. The second-order valence-corrected chi connectivity index (χ2v) is 5.61. The molecule has 0 spiro atoms. The molecule has 4 nitrogen and oxygen atoms in total. The summed E-state index contributed by atoms with van der Waals surface area (Å²) in [4.78, 5) is 15.0. The number of hydrogen-bond donors (Lipinski definition) is 1. The Morgan fingerprint density at radius 3 is 2.69 bits per heavy atom. The van der Waals surface area contributed by atoms with E-state index < -0.39 is 12.1 Å². The summed E-state index contributed by atoms with van der Waals surface area (Å²) in [5, 5.41) is 11.5. The molecule has 0 unspecified atom stereocenters. The van der Waals surface area contributed by atoms with Crippen LogP contribution in [0.15, 0.2) is 5.38 Å². The van der Waals surface area contributed by atoms with Crippen LogP contribution in [0.4, 0.5) is 0 Å². The number of carboxylic acid groups (broad SMARTS) is 1. The van der Waals surface area contributed by atoms with Crippen LogP contribution in [0.1, 0.15) is 38.4 Å². The number of rotatable bonds is 4. The summed E-state index contributed by atoms with van der Waals surface area (Å²) in [6.07, 6.45) is -0.790. The molecule has 1 heterocycles. The highest BCUT2D eigenvalue weighted by Gasteiger charge is 2.18. The summed E-state index contributed by atoms with van der Waals surface area (Å²) in [6, 6.07) is 0. The van der Waals surface area contributed by atoms with Gasteiger partial charge in [-0.1, -0.05) is 20.8 Å². The Bertz CT molecular complexity index is 368. The molecule has 16 heavy (non-hydrogen) atoms. The molecular weight excluding hydrogens is 226 g/mol. The predicted octanol–water partition coefficient (Wildman–Crippen LogP) is 2.43. The summed E-state index contributed by atoms with van der Waals surface area (Å²) < 4.78 is 5.16. The van der Waals surface area contributed by atoms with Crippen LogP contribution < -0.4 is 0 Å². The first-order chi connectivity index (χ1) is 7.30. The van der Waals surface area contributed by atoms with Gasteiger partial charge in [-0.15, -0.1) is 11.3 Å². The highest BCUT2D eigenvalue weighted by molar-refractivity contribution is 7.09. The fourth-order valence-electron chi connectivity index (χ4n) is 0.989. The molecule has 1 atom stereocenters. The van der Waals surface area contributed by atoms with Gasteiger partial charge < -0.3 is 9.84 Å². The molecule has 1 aromatic heterocycles. The van der Waals surface area contributed by atoms with Crippen molar-refractivity contribution >= 4 is 17.3 Å². The topological polar surface area (TPSA) is 59.4 Å². The van der Waals surface area contributed by atoms with E-state index in [0.717, 1.165) is 10.7 Å². The van der Waals surface area contributed by atoms with E-state index in [4.69, 9.17) is 9.84 Å². The van der Waals surface area contributed by atoms with E-state index in [0.29, 0.717) is 0 Å². The van der Waals surface area contributed by atoms with Crippen molar-refractivity contribution in [3.63, 3.8) is 0 Å². The third kappa shape index (κ3) is 3.57. The number of aromatic nitrogens is 1. The summed E-state index contributed by atoms with van der Waals surface area (Å²) in [5.74, 6) is -0.951. The van der Waals surface area contributed by atoms with Gasteiger partial charge in [0.2, 0.25) is 0 Å². The minimum atomic E-state index is -0.951. The summed E-state index contributed by atoms with van der Waals surface area (Å²) in [6.45, 7) is 8.04. The Balaban J connectivity index is 2.57. The number of carbonyl (C=O) groups is 1. The molecular formula is C11H17NO3S. The van der Waals surface area contributed by atoms with Crippen LogP contribution in [0.3, 0.4) is 0 Å². The van der Waals surface area contributed by atoms with Crippen molar-refractivity contribution in [2.24, 2.45) is 0 Å². The van der Waals surface area contributed by atoms with Gasteiger partial charge in [-0.2, -0.15) is 0 Å². The Morgan fingerprint density at radius 1 is 1.62 bits per heavy atom. The first kappa shape index (κ1) is 13.1. The first-order valence-electron chi connectivity index (χ1n) is 5.10. The third-order valence-corrected chi connectivity index (χ3v) is 2.95. The van der Waals surface area contributed by atoms with E-state index in [2.05, 4.69) is 25.8 Å². The molecule has 0 aliphatic rings. The molecule has 0 aliphatic carbocycles. The molecule has 0 saturated heterocycles. The van der Waals surface area contributed by atoms with Gasteiger partial charge in [0.05, 0.1) is 12.3 Å². The van der Waals surface area contributed by atoms with E-state index in [9.17, 15) is 4.79 Å². The van der Waals surface area contributed by atoms with Gasteiger partial charge in [-0.3, -0.25) is 0 Å². The minimum absolute atomic E-state index is 0.0210. The first-order valence-corrected chi connectivity index (χ1v) is 5.98. The van der Waals surface area contributed by atoms with Crippen LogP contribution in [0.5, 0.6) is 0 Å². The fourth-order valence-corrected chi connectivity index (χ4v) is 1.93. The van der Waals surface area contributed by atoms with E-state index in [-0.39, 0.29) is 12.0 Å². The molecule has 5 heteroatoms. The largest absolute Gasteiger partial charge is 0.479 e. The second kappa shape index (κ2) is 4.93. The molecule has 0 amide bonds. The van der Waals surface area contributed by atoms with Crippen molar-refractivity contribution in [2.75, 3.05) is 0 Å². The summed E-state index contributed by atoms with van der Waals surface area (Å²) in [5.41, 5.74) is 1.03. The number of nitrogens with zero attached hydrogens (tertiary/aromatic N) is 1. The monoisotopic (exact) mass is 243 g/mol. The highest BCUT2D eigenvalue weighted by Crippen LogP contribution is 2.24. The van der Waals surface area contributed by atoms with Crippen molar-refractivity contribution in [3.8, 4) is 0 Å². The molecule has 0 aliphatic heterocycles. The number of hydrogen-bond acceptors (Lipinski definition) is 4. The molecule has 90 valence electrons. The highest BCUT2D eigenvalue weighted by atomic mass is 32.1. The molecule has 0 aromatic carbocycles. The molecule has 1 aromatic rings. The minimum Gasteiger partial charge on any atom is -0.479 e. The lowest BCUT2D eigenvalue weighted by Gasteiger charge is -2.14. The number of thiazole rings is 1. The number of ether oxygens (including phenoxy) is 1. The zero-order valence-corrected chi connectivity index (χ0v) is 10.8. The summed E-state index contributed by atoms with van der Waals surface area (Å²) >= 11 is 1.50. The predicted molar refractivity (Wildman–Crippen MR) is 62.7 cm³/mol. The lowest BCUT2D eigenvalue weighted by molar-refractivity contribution is -0.149. The van der Waals surface area contributed by atoms with Gasteiger partial charge in [-0.05, 0) is 6.92 Å². The van der Waals surface area contributed by atoms with Crippen LogP contribution in [0, 0.1) is 0 Å². The maximum Gasteiger partial charge on any atom is 0.332 e. The second-order valence-electron chi connectivity index (χ2n) is 4.67. The average molecular weight is 243 g/mol. The fraction of sp³-hybridized carbons (Fsp3) is 0.636. The van der Waals surface area contributed by atoms with Crippen molar-refractivity contribution in [1.82, 2.24) is 4.98 Å². The van der Waals surface area contributed by atoms with Crippen molar-refractivity contribution in [1.29, 1.82) is 0 Å². The quantitative estimate of drug-likeness (QED) is 0.882. The Kier molecular flexibility index (Phi) is 4.04. The van der Waals surface area contributed by atoms with Crippen molar-refractivity contribution in [2.45, 2.75) is 45.8 Å². The van der Waals surface area contributed by atoms with Crippen LogP contribution in [-0.2, 0) is 21.6 Å². The Morgan fingerprint density at radius 2 is 2.25 bits per heavy atom. The molecule has 0 bridgehead atoms. The molecule has 1 rings (SSSR count). The van der Waals surface area contributed by atoms with Crippen molar-refractivity contribution < 1.29 is 14.6 Å². The van der Waals surface area contributed by atoms with Gasteiger partial charge in [-0.25, -0.2) is 9.78 Å². The van der Waals surface area contributed by atoms with Crippen LogP contribution in [0.25, 0.3) is 0 Å². The molecule has 0 radical (unpaired) electrons. The van der Waals surface area contributed by atoms with Gasteiger partial charge in [0.15, 0.2) is 6.10 Å². The maximum atomic E-state index is 10.5. The normalized spacial score (nSPS) is 13.8. The number of aliphatic carboxylic acids is 1. The zero-order valence-electron chi connectivity index (χ0n) is 9.98. The maximum absolute atomic E-state index is 10.5. The van der Waals surface area contributed by atoms with E-state index >= 15 is 0 Å². The Labute approximate surface area is 99.3 Å². The number of carboxylic acids is 1. The SMILES string of the molecule is C[C@H](OCc1nc(C(C)(C)C)cs1)C(=O)O. The standard InChI is InChI=1S/C11H17NO3S/c1-7(10(13)14)15-5-9-12-8(6-16-9)11(2,3)4/h6-7H,5H2,1-4H3,(H,13,14)/t7-/m0/s1. The van der Waals surface area contributed by atoms with Gasteiger partial charge in [0.1, 0.15) is 5.01 Å². The average Bonchev–Trinajstić information content (AvgIpc) is 2.61. The zero-order chi connectivity index (χ0) is 12.3. The van der Waals surface area contributed by atoms with Gasteiger partial charge in [0.25, 0.3) is 0 Å². The molecule has 0 fully saturated rings. The van der Waals surface area contributed by atoms with Crippen LogP contribution in [-0.4, -0.2) is 22.2 Å². The smallest absolute Gasteiger partial charge is 0.332 e. The lowest BCUT2D eigenvalue weighted by atomic mass is 9.93. The Hall–Kier alpha value is -0.940. The molecule has 1 N–H and O–H groups in total. The van der Waals surface area contributed by atoms with Gasteiger partial charge >= 0.3 is 5.97 Å². The van der Waals surface area contributed by atoms with Crippen molar-refractivity contribution in [3.05, 3.63) is 16.1 Å². The van der Waals surface area contributed by atoms with Crippen LogP contribution >= 0.6 is 11.3 Å². The van der Waals surface area contributed by atoms with E-state index in [1.54, 1.807) is 0 Å². The summed E-state index contributed by atoms with van der Waals surface area (Å²) in [7, 11) is 0. The molecule has 0 saturated carbocycles. The van der Waals surface area contributed by atoms with E-state index in [1.165, 1.54) is 18.3 Å². The van der Waals surface area contributed by atoms with Crippen LogP contribution in [0.2, 0.25) is 0 Å².